The Morgan fingerprint density at radius 2 is 1.71 bits per heavy atom. The smallest absolute Gasteiger partial charge is 0.169 e. The molecule has 2 rings (SSSR count). The van der Waals surface area contributed by atoms with Crippen LogP contribution >= 0.6 is 15.9 Å². The van der Waals surface area contributed by atoms with Crippen molar-refractivity contribution < 1.29 is 4.42 Å². The van der Waals surface area contributed by atoms with Crippen LogP contribution in [0.15, 0.2) is 51.6 Å². The van der Waals surface area contributed by atoms with Gasteiger partial charge in [0.05, 0.1) is 6.04 Å². The SMILES string of the molecule is CCC(CC)C(NC(C)c1ccc(Br)o1)c1ccccc1. The van der Waals surface area contributed by atoms with Crippen LogP contribution < -0.4 is 5.32 Å². The zero-order valence-electron chi connectivity index (χ0n) is 13.0. The highest BCUT2D eigenvalue weighted by atomic mass is 79.9. The quantitative estimate of drug-likeness (QED) is 0.675. The number of nitrogens with one attached hydrogen (secondary N) is 1. The Morgan fingerprint density at radius 1 is 1.05 bits per heavy atom. The molecule has 2 unspecified atom stereocenters. The third-order valence-electron chi connectivity index (χ3n) is 4.13. The molecule has 1 heterocycles. The van der Waals surface area contributed by atoms with Crippen molar-refractivity contribution >= 4 is 15.9 Å². The fraction of sp³-hybridized carbons (Fsp3) is 0.444. The molecule has 0 aliphatic heterocycles. The van der Waals surface area contributed by atoms with Crippen LogP contribution in [-0.2, 0) is 0 Å². The Labute approximate surface area is 136 Å². The number of hydrogen-bond acceptors (Lipinski definition) is 2. The normalized spacial score (nSPS) is 14.3. The summed E-state index contributed by atoms with van der Waals surface area (Å²) in [5, 5.41) is 3.75. The lowest BCUT2D eigenvalue weighted by molar-refractivity contribution is 0.296. The summed E-state index contributed by atoms with van der Waals surface area (Å²) in [6, 6.07) is 15.2. The summed E-state index contributed by atoms with van der Waals surface area (Å²) in [5.74, 6) is 1.59. The molecule has 0 aliphatic rings. The fourth-order valence-electron chi connectivity index (χ4n) is 2.84. The van der Waals surface area contributed by atoms with Gasteiger partial charge in [-0.1, -0.05) is 57.0 Å². The molecule has 0 saturated heterocycles. The second kappa shape index (κ2) is 7.81. The van der Waals surface area contributed by atoms with Crippen molar-refractivity contribution in [1.29, 1.82) is 0 Å². The highest BCUT2D eigenvalue weighted by Gasteiger charge is 2.23. The molecule has 21 heavy (non-hydrogen) atoms. The lowest BCUT2D eigenvalue weighted by atomic mass is 9.88. The Bertz CT molecular complexity index is 533. The van der Waals surface area contributed by atoms with Gasteiger partial charge in [-0.3, -0.25) is 0 Å². The van der Waals surface area contributed by atoms with Gasteiger partial charge in [0.25, 0.3) is 0 Å². The molecule has 1 N–H and O–H groups in total. The molecular formula is C18H24BrNO. The van der Waals surface area contributed by atoms with E-state index in [1.165, 1.54) is 5.56 Å². The number of furan rings is 1. The molecular weight excluding hydrogens is 326 g/mol. The molecule has 0 spiro atoms. The standard InChI is InChI=1S/C18H24BrNO/c1-4-14(5-2)18(15-9-7-6-8-10-15)20-13(3)16-11-12-17(19)21-16/h6-14,18,20H,4-5H2,1-3H3. The molecule has 0 bridgehead atoms. The van der Waals surface area contributed by atoms with Gasteiger partial charge in [0.1, 0.15) is 5.76 Å². The van der Waals surface area contributed by atoms with E-state index in [4.69, 9.17) is 4.42 Å². The summed E-state index contributed by atoms with van der Waals surface area (Å²) in [5.41, 5.74) is 1.35. The highest BCUT2D eigenvalue weighted by Crippen LogP contribution is 2.31. The average Bonchev–Trinajstić information content (AvgIpc) is 2.95. The Morgan fingerprint density at radius 3 is 2.24 bits per heavy atom. The number of rotatable bonds is 7. The molecule has 0 aliphatic carbocycles. The molecule has 2 atom stereocenters. The van der Waals surface area contributed by atoms with Crippen LogP contribution in [0.5, 0.6) is 0 Å². The van der Waals surface area contributed by atoms with Gasteiger partial charge in [0.15, 0.2) is 4.67 Å². The first kappa shape index (κ1) is 16.3. The zero-order chi connectivity index (χ0) is 15.2. The van der Waals surface area contributed by atoms with Crippen LogP contribution in [0.1, 0.15) is 57.0 Å². The van der Waals surface area contributed by atoms with Gasteiger partial charge in [-0.15, -0.1) is 0 Å². The van der Waals surface area contributed by atoms with E-state index in [9.17, 15) is 0 Å². The van der Waals surface area contributed by atoms with Gasteiger partial charge >= 0.3 is 0 Å². The Balaban J connectivity index is 2.19. The van der Waals surface area contributed by atoms with Crippen LogP contribution in [0.3, 0.4) is 0 Å². The predicted octanol–water partition coefficient (Wildman–Crippen LogP) is 5.87. The van der Waals surface area contributed by atoms with E-state index >= 15 is 0 Å². The van der Waals surface area contributed by atoms with E-state index in [1.54, 1.807) is 0 Å². The van der Waals surface area contributed by atoms with Crippen molar-refractivity contribution in [3.8, 4) is 0 Å². The molecule has 1 aromatic carbocycles. The second-order valence-corrected chi connectivity index (χ2v) is 6.28. The minimum Gasteiger partial charge on any atom is -0.453 e. The summed E-state index contributed by atoms with van der Waals surface area (Å²) < 4.78 is 6.47. The summed E-state index contributed by atoms with van der Waals surface area (Å²) in [4.78, 5) is 0. The molecule has 0 saturated carbocycles. The minimum absolute atomic E-state index is 0.183. The maximum Gasteiger partial charge on any atom is 0.169 e. The van der Waals surface area contributed by atoms with E-state index in [0.717, 1.165) is 23.3 Å². The molecule has 1 aromatic heterocycles. The van der Waals surface area contributed by atoms with E-state index in [1.807, 2.05) is 12.1 Å². The van der Waals surface area contributed by atoms with Crippen LogP contribution in [0.2, 0.25) is 0 Å². The van der Waals surface area contributed by atoms with Crippen LogP contribution in [0.4, 0.5) is 0 Å². The first-order valence-corrected chi connectivity index (χ1v) is 8.51. The maximum atomic E-state index is 5.68. The largest absolute Gasteiger partial charge is 0.453 e. The van der Waals surface area contributed by atoms with E-state index in [0.29, 0.717) is 12.0 Å². The number of halogens is 1. The average molecular weight is 350 g/mol. The Hall–Kier alpha value is -1.06. The first-order valence-electron chi connectivity index (χ1n) is 7.71. The molecule has 114 valence electrons. The molecule has 2 aromatic rings. The van der Waals surface area contributed by atoms with Gasteiger partial charge in [0, 0.05) is 6.04 Å². The van der Waals surface area contributed by atoms with E-state index in [-0.39, 0.29) is 6.04 Å². The topological polar surface area (TPSA) is 25.2 Å². The zero-order valence-corrected chi connectivity index (χ0v) is 14.6. The third kappa shape index (κ3) is 4.21. The van der Waals surface area contributed by atoms with Gasteiger partial charge in [-0.25, -0.2) is 0 Å². The van der Waals surface area contributed by atoms with Crippen molar-refractivity contribution in [1.82, 2.24) is 5.32 Å². The van der Waals surface area contributed by atoms with Crippen LogP contribution in [0, 0.1) is 5.92 Å². The van der Waals surface area contributed by atoms with Gasteiger partial charge < -0.3 is 9.73 Å². The molecule has 2 nitrogen and oxygen atoms in total. The molecule has 0 fully saturated rings. The van der Waals surface area contributed by atoms with Gasteiger partial charge in [0.2, 0.25) is 0 Å². The summed E-state index contributed by atoms with van der Waals surface area (Å²) in [6.07, 6.45) is 2.33. The van der Waals surface area contributed by atoms with Crippen molar-refractivity contribution in [2.24, 2.45) is 5.92 Å². The lowest BCUT2D eigenvalue weighted by Gasteiger charge is -2.29. The fourth-order valence-corrected chi connectivity index (χ4v) is 3.16. The molecule has 3 heteroatoms. The summed E-state index contributed by atoms with van der Waals surface area (Å²) in [7, 11) is 0. The third-order valence-corrected chi connectivity index (χ3v) is 4.56. The van der Waals surface area contributed by atoms with E-state index in [2.05, 4.69) is 72.3 Å². The number of hydrogen-bond donors (Lipinski definition) is 1. The minimum atomic E-state index is 0.183. The van der Waals surface area contributed by atoms with Crippen molar-refractivity contribution in [2.75, 3.05) is 0 Å². The second-order valence-electron chi connectivity index (χ2n) is 5.50. The van der Waals surface area contributed by atoms with Gasteiger partial charge in [-0.05, 0) is 46.5 Å². The highest BCUT2D eigenvalue weighted by molar-refractivity contribution is 9.10. The van der Waals surface area contributed by atoms with E-state index < -0.39 is 0 Å². The predicted molar refractivity (Wildman–Crippen MR) is 91.2 cm³/mol. The van der Waals surface area contributed by atoms with Crippen molar-refractivity contribution in [3.05, 3.63) is 58.5 Å². The van der Waals surface area contributed by atoms with Crippen molar-refractivity contribution in [2.45, 2.75) is 45.7 Å². The van der Waals surface area contributed by atoms with Gasteiger partial charge in [-0.2, -0.15) is 0 Å². The van der Waals surface area contributed by atoms with Crippen LogP contribution in [0.25, 0.3) is 0 Å². The summed E-state index contributed by atoms with van der Waals surface area (Å²) in [6.45, 7) is 6.68. The molecule has 0 amide bonds. The lowest BCUT2D eigenvalue weighted by Crippen LogP contribution is -2.30. The summed E-state index contributed by atoms with van der Waals surface area (Å²) >= 11 is 3.37. The maximum absolute atomic E-state index is 5.68. The monoisotopic (exact) mass is 349 g/mol. The van der Waals surface area contributed by atoms with Crippen LogP contribution in [-0.4, -0.2) is 0 Å². The number of benzene rings is 1. The van der Waals surface area contributed by atoms with Crippen molar-refractivity contribution in [3.63, 3.8) is 0 Å². The first-order chi connectivity index (χ1) is 10.2. The molecule has 0 radical (unpaired) electrons. The Kier molecular flexibility index (Phi) is 6.07.